The van der Waals surface area contributed by atoms with Crippen molar-refractivity contribution in [1.82, 2.24) is 9.88 Å². The molecule has 4 heteroatoms. The summed E-state index contributed by atoms with van der Waals surface area (Å²) in [4.78, 5) is 9.10. The first kappa shape index (κ1) is 13.3. The number of anilines is 1. The number of nitrogens with two attached hydrogens (primary N) is 1. The van der Waals surface area contributed by atoms with Gasteiger partial charge in [-0.25, -0.2) is 0 Å². The molecular weight excluding hydrogens is 224 g/mol. The van der Waals surface area contributed by atoms with Crippen LogP contribution in [-0.4, -0.2) is 43.6 Å². The Morgan fingerprint density at radius 3 is 2.83 bits per heavy atom. The molecule has 18 heavy (non-hydrogen) atoms. The van der Waals surface area contributed by atoms with Gasteiger partial charge in [0.1, 0.15) is 0 Å². The molecule has 0 saturated carbocycles. The summed E-state index contributed by atoms with van der Waals surface area (Å²) >= 11 is 0. The molecule has 0 bridgehead atoms. The first-order valence-corrected chi connectivity index (χ1v) is 6.67. The molecule has 4 nitrogen and oxygen atoms in total. The number of hydrogen-bond donors (Lipinski definition) is 1. The summed E-state index contributed by atoms with van der Waals surface area (Å²) in [7, 11) is 4.33. The van der Waals surface area contributed by atoms with Crippen LogP contribution in [0.25, 0.3) is 0 Å². The van der Waals surface area contributed by atoms with Gasteiger partial charge in [-0.15, -0.1) is 0 Å². The molecule has 0 spiro atoms. The summed E-state index contributed by atoms with van der Waals surface area (Å²) in [5.41, 5.74) is 7.93. The maximum absolute atomic E-state index is 5.81. The predicted molar refractivity (Wildman–Crippen MR) is 75.7 cm³/mol. The predicted octanol–water partition coefficient (Wildman–Crippen LogP) is 1.49. The summed E-state index contributed by atoms with van der Waals surface area (Å²) in [6.07, 6.45) is 3.23. The van der Waals surface area contributed by atoms with E-state index >= 15 is 0 Å². The van der Waals surface area contributed by atoms with E-state index < -0.39 is 0 Å². The number of rotatable bonds is 4. The number of nitrogens with zero attached hydrogens (tertiary/aromatic N) is 3. The molecule has 100 valence electrons. The number of hydrogen-bond acceptors (Lipinski definition) is 4. The van der Waals surface area contributed by atoms with Gasteiger partial charge in [0.25, 0.3) is 0 Å². The second-order valence-corrected chi connectivity index (χ2v) is 5.53. The molecule has 1 saturated heterocycles. The summed E-state index contributed by atoms with van der Waals surface area (Å²) in [6.45, 7) is 5.49. The smallest absolute Gasteiger partial charge is 0.0569 e. The Hall–Kier alpha value is -1.13. The van der Waals surface area contributed by atoms with Crippen molar-refractivity contribution < 1.29 is 0 Å². The van der Waals surface area contributed by atoms with E-state index in [9.17, 15) is 0 Å². The standard InChI is InChI=1S/C14H24N4/c1-11(15)14-5-4-13(8-16-14)18(3)10-12-6-7-17(2)9-12/h4-5,8,11-12H,6-7,9-10,15H2,1-3H3. The van der Waals surface area contributed by atoms with Crippen LogP contribution in [0.1, 0.15) is 25.1 Å². The zero-order valence-corrected chi connectivity index (χ0v) is 11.6. The van der Waals surface area contributed by atoms with Gasteiger partial charge in [-0.2, -0.15) is 0 Å². The van der Waals surface area contributed by atoms with Crippen molar-refractivity contribution in [3.63, 3.8) is 0 Å². The molecule has 2 atom stereocenters. The highest BCUT2D eigenvalue weighted by atomic mass is 15.2. The van der Waals surface area contributed by atoms with Gasteiger partial charge in [0, 0.05) is 26.2 Å². The highest BCUT2D eigenvalue weighted by molar-refractivity contribution is 5.43. The first-order valence-electron chi connectivity index (χ1n) is 6.67. The molecule has 1 aliphatic rings. The molecule has 2 unspecified atom stereocenters. The van der Waals surface area contributed by atoms with Crippen molar-refractivity contribution in [1.29, 1.82) is 0 Å². The van der Waals surface area contributed by atoms with E-state index in [2.05, 4.69) is 34.9 Å². The van der Waals surface area contributed by atoms with Crippen LogP contribution >= 0.6 is 0 Å². The third kappa shape index (κ3) is 3.21. The van der Waals surface area contributed by atoms with E-state index in [0.29, 0.717) is 0 Å². The molecule has 1 aromatic rings. The lowest BCUT2D eigenvalue weighted by Crippen LogP contribution is -2.27. The zero-order valence-electron chi connectivity index (χ0n) is 11.6. The van der Waals surface area contributed by atoms with Crippen LogP contribution in [-0.2, 0) is 0 Å². The minimum atomic E-state index is 0.00726. The van der Waals surface area contributed by atoms with Crippen LogP contribution in [0.4, 0.5) is 5.69 Å². The molecule has 0 radical (unpaired) electrons. The van der Waals surface area contributed by atoms with Gasteiger partial charge < -0.3 is 15.5 Å². The van der Waals surface area contributed by atoms with Crippen molar-refractivity contribution in [2.45, 2.75) is 19.4 Å². The molecule has 2 heterocycles. The highest BCUT2D eigenvalue weighted by Gasteiger charge is 2.20. The van der Waals surface area contributed by atoms with Crippen molar-refractivity contribution in [2.24, 2.45) is 11.7 Å². The van der Waals surface area contributed by atoms with Crippen molar-refractivity contribution in [3.05, 3.63) is 24.0 Å². The third-order valence-corrected chi connectivity index (χ3v) is 3.70. The molecule has 0 amide bonds. The molecule has 1 aliphatic heterocycles. The number of likely N-dealkylation sites (tertiary alicyclic amines) is 1. The number of pyridine rings is 1. The van der Waals surface area contributed by atoms with Crippen LogP contribution < -0.4 is 10.6 Å². The average Bonchev–Trinajstić information content (AvgIpc) is 2.75. The van der Waals surface area contributed by atoms with Gasteiger partial charge in [-0.1, -0.05) is 0 Å². The van der Waals surface area contributed by atoms with Crippen LogP contribution in [0, 0.1) is 5.92 Å². The fraction of sp³-hybridized carbons (Fsp3) is 0.643. The van der Waals surface area contributed by atoms with E-state index in [1.54, 1.807) is 0 Å². The molecule has 0 aromatic carbocycles. The molecule has 2 rings (SSSR count). The Kier molecular flexibility index (Phi) is 4.19. The Morgan fingerprint density at radius 1 is 1.56 bits per heavy atom. The average molecular weight is 248 g/mol. The second kappa shape index (κ2) is 5.67. The Labute approximate surface area is 110 Å². The van der Waals surface area contributed by atoms with E-state index in [0.717, 1.165) is 18.2 Å². The monoisotopic (exact) mass is 248 g/mol. The molecular formula is C14H24N4. The highest BCUT2D eigenvalue weighted by Crippen LogP contribution is 2.19. The Bertz CT molecular complexity index is 374. The summed E-state index contributed by atoms with van der Waals surface area (Å²) < 4.78 is 0. The van der Waals surface area contributed by atoms with Gasteiger partial charge in [0.15, 0.2) is 0 Å². The van der Waals surface area contributed by atoms with Crippen LogP contribution in [0.3, 0.4) is 0 Å². The molecule has 0 aliphatic carbocycles. The van der Waals surface area contributed by atoms with E-state index in [1.165, 1.54) is 25.2 Å². The van der Waals surface area contributed by atoms with Gasteiger partial charge in [-0.05, 0) is 45.0 Å². The van der Waals surface area contributed by atoms with E-state index in [4.69, 9.17) is 5.73 Å². The quantitative estimate of drug-likeness (QED) is 0.877. The second-order valence-electron chi connectivity index (χ2n) is 5.53. The normalized spacial score (nSPS) is 22.1. The first-order chi connectivity index (χ1) is 8.56. The van der Waals surface area contributed by atoms with Gasteiger partial charge >= 0.3 is 0 Å². The maximum Gasteiger partial charge on any atom is 0.0569 e. The maximum atomic E-state index is 5.81. The van der Waals surface area contributed by atoms with Crippen molar-refractivity contribution >= 4 is 5.69 Å². The Morgan fingerprint density at radius 2 is 2.33 bits per heavy atom. The van der Waals surface area contributed by atoms with Gasteiger partial charge in [0.05, 0.1) is 17.6 Å². The topological polar surface area (TPSA) is 45.4 Å². The molecule has 2 N–H and O–H groups in total. The van der Waals surface area contributed by atoms with Crippen LogP contribution in [0.5, 0.6) is 0 Å². The van der Waals surface area contributed by atoms with Crippen LogP contribution in [0.15, 0.2) is 18.3 Å². The summed E-state index contributed by atoms with van der Waals surface area (Å²) in [5, 5.41) is 0. The SMILES string of the molecule is CC(N)c1ccc(N(C)CC2CCN(C)C2)cn1. The third-order valence-electron chi connectivity index (χ3n) is 3.70. The Balaban J connectivity index is 1.94. The minimum Gasteiger partial charge on any atom is -0.373 e. The number of aromatic nitrogens is 1. The van der Waals surface area contributed by atoms with Gasteiger partial charge in [0.2, 0.25) is 0 Å². The molecule has 1 aromatic heterocycles. The summed E-state index contributed by atoms with van der Waals surface area (Å²) in [5.74, 6) is 0.771. The lowest BCUT2D eigenvalue weighted by Gasteiger charge is -2.23. The fourth-order valence-electron chi connectivity index (χ4n) is 2.56. The molecule has 1 fully saturated rings. The minimum absolute atomic E-state index is 0.00726. The summed E-state index contributed by atoms with van der Waals surface area (Å²) in [6, 6.07) is 4.15. The van der Waals surface area contributed by atoms with Crippen LogP contribution in [0.2, 0.25) is 0 Å². The van der Waals surface area contributed by atoms with Gasteiger partial charge in [-0.3, -0.25) is 4.98 Å². The fourth-order valence-corrected chi connectivity index (χ4v) is 2.56. The van der Waals surface area contributed by atoms with Crippen molar-refractivity contribution in [3.8, 4) is 0 Å². The van der Waals surface area contributed by atoms with Crippen molar-refractivity contribution in [2.75, 3.05) is 38.6 Å². The lowest BCUT2D eigenvalue weighted by molar-refractivity contribution is 0.396. The zero-order chi connectivity index (χ0) is 13.1. The van der Waals surface area contributed by atoms with E-state index in [-0.39, 0.29) is 6.04 Å². The lowest BCUT2D eigenvalue weighted by atomic mass is 10.1. The largest absolute Gasteiger partial charge is 0.373 e. The van der Waals surface area contributed by atoms with E-state index in [1.807, 2.05) is 19.2 Å².